The maximum Gasteiger partial charge on any atom is 0.269 e. The zero-order valence-corrected chi connectivity index (χ0v) is 13.7. The predicted molar refractivity (Wildman–Crippen MR) is 84.2 cm³/mol. The molecule has 0 saturated carbocycles. The van der Waals surface area contributed by atoms with E-state index in [1.807, 2.05) is 13.8 Å². The van der Waals surface area contributed by atoms with Gasteiger partial charge in [0.1, 0.15) is 0 Å². The molecule has 0 amide bonds. The highest BCUT2D eigenvalue weighted by molar-refractivity contribution is 7.98. The fourth-order valence-electron chi connectivity index (χ4n) is 1.89. The minimum atomic E-state index is -0.460. The lowest BCUT2D eigenvalue weighted by atomic mass is 10.2. The maximum atomic E-state index is 10.7. The second kappa shape index (κ2) is 6.74. The third-order valence-corrected chi connectivity index (χ3v) is 3.99. The Morgan fingerprint density at radius 1 is 1.25 bits per heavy atom. The first-order chi connectivity index (χ1) is 11.5. The molecule has 0 radical (unpaired) electrons. The average Bonchev–Trinajstić information content (AvgIpc) is 3.22. The van der Waals surface area contributed by atoms with Crippen LogP contribution in [0.15, 0.2) is 33.8 Å². The van der Waals surface area contributed by atoms with Gasteiger partial charge < -0.3 is 4.42 Å². The van der Waals surface area contributed by atoms with Gasteiger partial charge in [0.25, 0.3) is 5.69 Å². The highest BCUT2D eigenvalue weighted by Gasteiger charge is 2.14. The molecule has 3 aromatic rings. The van der Waals surface area contributed by atoms with Crippen molar-refractivity contribution in [3.8, 4) is 11.5 Å². The summed E-state index contributed by atoms with van der Waals surface area (Å²) < 4.78 is 7.28. The Hall–Kier alpha value is -2.82. The van der Waals surface area contributed by atoms with Gasteiger partial charge in [0.15, 0.2) is 0 Å². The Morgan fingerprint density at radius 3 is 2.67 bits per heavy atom. The molecule has 124 valence electrons. The van der Waals surface area contributed by atoms with E-state index in [4.69, 9.17) is 4.42 Å². The van der Waals surface area contributed by atoms with E-state index in [2.05, 4.69) is 25.7 Å². The number of hydrogen-bond acceptors (Lipinski definition) is 9. The van der Waals surface area contributed by atoms with Crippen LogP contribution in [0.2, 0.25) is 0 Å². The Labute approximate surface area is 140 Å². The highest BCUT2D eigenvalue weighted by Crippen LogP contribution is 2.25. The number of rotatable bonds is 6. The second-order valence-corrected chi connectivity index (χ2v) is 6.04. The van der Waals surface area contributed by atoms with Crippen LogP contribution < -0.4 is 0 Å². The number of aromatic nitrogens is 6. The summed E-state index contributed by atoms with van der Waals surface area (Å²) in [7, 11) is 0. The van der Waals surface area contributed by atoms with Gasteiger partial charge in [-0.2, -0.15) is 0 Å². The smallest absolute Gasteiger partial charge is 0.269 e. The van der Waals surface area contributed by atoms with E-state index in [1.165, 1.54) is 23.9 Å². The van der Waals surface area contributed by atoms with E-state index in [1.54, 1.807) is 16.8 Å². The molecular formula is C13H13N7O3S. The Balaban J connectivity index is 1.69. The summed E-state index contributed by atoms with van der Waals surface area (Å²) in [5, 5.41) is 30.8. The molecule has 0 N–H and O–H groups in total. The molecule has 1 aromatic carbocycles. The van der Waals surface area contributed by atoms with Crippen LogP contribution in [-0.2, 0) is 5.75 Å². The summed E-state index contributed by atoms with van der Waals surface area (Å²) in [6.45, 7) is 3.97. The summed E-state index contributed by atoms with van der Waals surface area (Å²) in [6, 6.07) is 6.08. The quantitative estimate of drug-likeness (QED) is 0.375. The van der Waals surface area contributed by atoms with Crippen molar-refractivity contribution < 1.29 is 9.34 Å². The molecule has 0 aliphatic heterocycles. The molecule has 11 heteroatoms. The number of nitro benzene ring substituents is 1. The SMILES string of the molecule is CC(C)n1nnnc1SCc1nnc(-c2ccc([N+](=O)[O-])cc2)o1. The van der Waals surface area contributed by atoms with Crippen molar-refractivity contribution in [2.24, 2.45) is 0 Å². The van der Waals surface area contributed by atoms with Crippen molar-refractivity contribution in [2.75, 3.05) is 0 Å². The summed E-state index contributed by atoms with van der Waals surface area (Å²) >= 11 is 1.39. The number of benzene rings is 1. The molecule has 0 unspecified atom stereocenters. The Bertz CT molecular complexity index is 843. The van der Waals surface area contributed by atoms with Crippen LogP contribution in [0.25, 0.3) is 11.5 Å². The van der Waals surface area contributed by atoms with E-state index >= 15 is 0 Å². The predicted octanol–water partition coefficient (Wildman–Crippen LogP) is 2.50. The Kier molecular flexibility index (Phi) is 4.51. The zero-order valence-electron chi connectivity index (χ0n) is 12.9. The van der Waals surface area contributed by atoms with E-state index < -0.39 is 4.92 Å². The number of hydrogen-bond donors (Lipinski definition) is 0. The molecule has 0 bridgehead atoms. The average molecular weight is 347 g/mol. The Morgan fingerprint density at radius 2 is 2.00 bits per heavy atom. The van der Waals surface area contributed by atoms with Gasteiger partial charge in [-0.05, 0) is 36.4 Å². The molecule has 0 spiro atoms. The lowest BCUT2D eigenvalue weighted by Crippen LogP contribution is -2.04. The summed E-state index contributed by atoms with van der Waals surface area (Å²) in [5.74, 6) is 1.16. The zero-order chi connectivity index (χ0) is 17.1. The number of tetrazole rings is 1. The third kappa shape index (κ3) is 3.40. The van der Waals surface area contributed by atoms with Gasteiger partial charge in [-0.15, -0.1) is 15.3 Å². The van der Waals surface area contributed by atoms with Crippen molar-refractivity contribution in [3.05, 3.63) is 40.3 Å². The van der Waals surface area contributed by atoms with Crippen molar-refractivity contribution in [3.63, 3.8) is 0 Å². The first kappa shape index (κ1) is 16.1. The molecule has 0 atom stereocenters. The number of nitrogens with zero attached hydrogens (tertiary/aromatic N) is 7. The number of nitro groups is 1. The van der Waals surface area contributed by atoms with E-state index in [0.29, 0.717) is 28.3 Å². The van der Waals surface area contributed by atoms with Crippen molar-refractivity contribution in [2.45, 2.75) is 30.8 Å². The van der Waals surface area contributed by atoms with Gasteiger partial charge >= 0.3 is 0 Å². The van der Waals surface area contributed by atoms with Gasteiger partial charge in [-0.1, -0.05) is 11.8 Å². The molecule has 0 saturated heterocycles. The van der Waals surface area contributed by atoms with Gasteiger partial charge in [0, 0.05) is 17.7 Å². The van der Waals surface area contributed by atoms with Crippen molar-refractivity contribution in [1.29, 1.82) is 0 Å². The molecule has 0 fully saturated rings. The largest absolute Gasteiger partial charge is 0.420 e. The summed E-state index contributed by atoms with van der Waals surface area (Å²) in [5.41, 5.74) is 0.630. The summed E-state index contributed by atoms with van der Waals surface area (Å²) in [4.78, 5) is 10.2. The molecule has 0 aliphatic carbocycles. The number of non-ortho nitro benzene ring substituents is 1. The van der Waals surface area contributed by atoms with Gasteiger partial charge in [-0.25, -0.2) is 4.68 Å². The van der Waals surface area contributed by atoms with E-state index in [-0.39, 0.29) is 11.7 Å². The molecule has 24 heavy (non-hydrogen) atoms. The van der Waals surface area contributed by atoms with Crippen LogP contribution in [0, 0.1) is 10.1 Å². The molecule has 2 aromatic heterocycles. The molecule has 10 nitrogen and oxygen atoms in total. The standard InChI is InChI=1S/C13H13N7O3S/c1-8(2)19-13(16-17-18-19)24-7-11-14-15-12(23-11)9-3-5-10(6-4-9)20(21)22/h3-6,8H,7H2,1-2H3. The normalized spacial score (nSPS) is 11.1. The lowest BCUT2D eigenvalue weighted by Gasteiger charge is -2.05. The minimum absolute atomic E-state index is 0.00886. The summed E-state index contributed by atoms with van der Waals surface area (Å²) in [6.07, 6.45) is 0. The van der Waals surface area contributed by atoms with E-state index in [0.717, 1.165) is 0 Å². The van der Waals surface area contributed by atoms with Crippen LogP contribution in [0.4, 0.5) is 5.69 Å². The van der Waals surface area contributed by atoms with Crippen molar-refractivity contribution >= 4 is 17.4 Å². The van der Waals surface area contributed by atoms with E-state index in [9.17, 15) is 10.1 Å². The van der Waals surface area contributed by atoms with Crippen LogP contribution >= 0.6 is 11.8 Å². The maximum absolute atomic E-state index is 10.7. The molecule has 3 rings (SSSR count). The lowest BCUT2D eigenvalue weighted by molar-refractivity contribution is -0.384. The van der Waals surface area contributed by atoms with Gasteiger partial charge in [0.05, 0.1) is 16.7 Å². The fourth-order valence-corrected chi connectivity index (χ4v) is 2.73. The molecular weight excluding hydrogens is 334 g/mol. The minimum Gasteiger partial charge on any atom is -0.420 e. The topological polar surface area (TPSA) is 126 Å². The molecule has 0 aliphatic rings. The first-order valence-corrected chi connectivity index (χ1v) is 8.01. The first-order valence-electron chi connectivity index (χ1n) is 7.02. The fraction of sp³-hybridized carbons (Fsp3) is 0.308. The van der Waals surface area contributed by atoms with Gasteiger partial charge in [0.2, 0.25) is 16.9 Å². The number of thioether (sulfide) groups is 1. The molecule has 2 heterocycles. The third-order valence-electron chi connectivity index (χ3n) is 3.07. The van der Waals surface area contributed by atoms with Crippen molar-refractivity contribution in [1.82, 2.24) is 30.4 Å². The van der Waals surface area contributed by atoms with Crippen LogP contribution in [-0.4, -0.2) is 35.3 Å². The van der Waals surface area contributed by atoms with Crippen LogP contribution in [0.5, 0.6) is 0 Å². The highest BCUT2D eigenvalue weighted by atomic mass is 32.2. The van der Waals surface area contributed by atoms with Crippen LogP contribution in [0.3, 0.4) is 0 Å². The monoisotopic (exact) mass is 347 g/mol. The second-order valence-electron chi connectivity index (χ2n) is 5.09. The van der Waals surface area contributed by atoms with Crippen LogP contribution in [0.1, 0.15) is 25.8 Å². The van der Waals surface area contributed by atoms with Gasteiger partial charge in [-0.3, -0.25) is 10.1 Å².